The molecule has 7 nitrogen and oxygen atoms in total. The van der Waals surface area contributed by atoms with Gasteiger partial charge in [0, 0.05) is 6.20 Å². The fourth-order valence-corrected chi connectivity index (χ4v) is 2.33. The molecule has 1 aromatic heterocycles. The number of carbonyl (C=O) groups excluding carboxylic acids is 1. The second kappa shape index (κ2) is 6.49. The molecule has 0 atom stereocenters. The number of anilines is 1. The van der Waals surface area contributed by atoms with E-state index in [-0.39, 0.29) is 11.7 Å². The Bertz CT molecular complexity index is 791. The molecule has 7 heteroatoms. The Morgan fingerprint density at radius 3 is 2.46 bits per heavy atom. The first-order valence-corrected chi connectivity index (χ1v) is 7.12. The fraction of sp³-hybridized carbons (Fsp3) is 0.176. The Kier molecular flexibility index (Phi) is 4.24. The van der Waals surface area contributed by atoms with Gasteiger partial charge in [-0.25, -0.2) is 4.98 Å². The molecule has 1 N–H and O–H groups in total. The van der Waals surface area contributed by atoms with E-state index in [0.717, 1.165) is 0 Å². The monoisotopic (exact) mass is 328 g/mol. The van der Waals surface area contributed by atoms with Gasteiger partial charge in [0.25, 0.3) is 5.91 Å². The molecular formula is C17H16N2O5. The van der Waals surface area contributed by atoms with Crippen molar-refractivity contribution in [3.8, 4) is 23.0 Å². The zero-order chi connectivity index (χ0) is 17.1. The van der Waals surface area contributed by atoms with Crippen molar-refractivity contribution < 1.29 is 23.7 Å². The lowest BCUT2D eigenvalue weighted by atomic mass is 10.1. The van der Waals surface area contributed by atoms with Gasteiger partial charge in [0.15, 0.2) is 28.8 Å². The molecule has 24 heavy (non-hydrogen) atoms. The quantitative estimate of drug-likeness (QED) is 0.869. The largest absolute Gasteiger partial charge is 0.493 e. The average Bonchev–Trinajstić information content (AvgIpc) is 2.61. The predicted octanol–water partition coefficient (Wildman–Crippen LogP) is 2.48. The lowest BCUT2D eigenvalue weighted by Gasteiger charge is -2.19. The van der Waals surface area contributed by atoms with Crippen LogP contribution in [0.5, 0.6) is 23.0 Å². The number of nitrogens with zero attached hydrogens (tertiary/aromatic N) is 1. The molecule has 1 aromatic carbocycles. The van der Waals surface area contributed by atoms with Gasteiger partial charge < -0.3 is 24.3 Å². The van der Waals surface area contributed by atoms with Crippen LogP contribution >= 0.6 is 0 Å². The Hall–Kier alpha value is -3.22. The Balaban J connectivity index is 2.01. The van der Waals surface area contributed by atoms with Crippen molar-refractivity contribution in [2.75, 3.05) is 26.6 Å². The van der Waals surface area contributed by atoms with Gasteiger partial charge in [-0.15, -0.1) is 0 Å². The molecule has 0 radical (unpaired) electrons. The number of rotatable bonds is 4. The summed E-state index contributed by atoms with van der Waals surface area (Å²) in [5.74, 6) is 2.09. The molecule has 0 bridgehead atoms. The van der Waals surface area contributed by atoms with Gasteiger partial charge in [-0.05, 0) is 35.9 Å². The molecule has 1 aliphatic heterocycles. The molecule has 0 aliphatic carbocycles. The van der Waals surface area contributed by atoms with Crippen molar-refractivity contribution in [2.45, 2.75) is 0 Å². The highest BCUT2D eigenvalue weighted by Gasteiger charge is 2.23. The highest BCUT2D eigenvalue weighted by molar-refractivity contribution is 6.07. The van der Waals surface area contributed by atoms with Crippen molar-refractivity contribution in [3.05, 3.63) is 41.8 Å². The van der Waals surface area contributed by atoms with Crippen LogP contribution in [0.3, 0.4) is 0 Å². The van der Waals surface area contributed by atoms with Gasteiger partial charge in [0.2, 0.25) is 5.75 Å². The summed E-state index contributed by atoms with van der Waals surface area (Å²) < 4.78 is 21.5. The van der Waals surface area contributed by atoms with Gasteiger partial charge in [0.05, 0.1) is 21.3 Å². The molecule has 0 fully saturated rings. The lowest BCUT2D eigenvalue weighted by molar-refractivity contribution is -0.115. The van der Waals surface area contributed by atoms with E-state index >= 15 is 0 Å². The standard InChI is InChI=1S/C17H16N2O5/c1-21-12-7-10(8-13(22-2)15(12)23-3)9-14-17(20)19-16-11(24-14)5-4-6-18-16/h4-9H,1-3H3,(H,18,19,20)/b14-9+. The molecule has 0 saturated heterocycles. The van der Waals surface area contributed by atoms with Gasteiger partial charge in [-0.1, -0.05) is 0 Å². The first kappa shape index (κ1) is 15.7. The number of hydrogen-bond donors (Lipinski definition) is 1. The van der Waals surface area contributed by atoms with Gasteiger partial charge in [0.1, 0.15) is 0 Å². The summed E-state index contributed by atoms with van der Waals surface area (Å²) in [6.07, 6.45) is 3.17. The summed E-state index contributed by atoms with van der Waals surface area (Å²) in [5.41, 5.74) is 0.669. The van der Waals surface area contributed by atoms with Gasteiger partial charge in [-0.2, -0.15) is 0 Å². The van der Waals surface area contributed by atoms with Crippen molar-refractivity contribution in [1.29, 1.82) is 0 Å². The normalized spacial score (nSPS) is 14.5. The SMILES string of the molecule is COc1cc(/C=C2/Oc3cccnc3NC2=O)cc(OC)c1OC. The van der Waals surface area contributed by atoms with E-state index in [0.29, 0.717) is 34.4 Å². The second-order valence-electron chi connectivity index (χ2n) is 4.87. The van der Waals surface area contributed by atoms with E-state index < -0.39 is 0 Å². The third kappa shape index (κ3) is 2.83. The van der Waals surface area contributed by atoms with Crippen molar-refractivity contribution in [2.24, 2.45) is 0 Å². The summed E-state index contributed by atoms with van der Waals surface area (Å²) in [6, 6.07) is 6.91. The van der Waals surface area contributed by atoms with Crippen molar-refractivity contribution in [3.63, 3.8) is 0 Å². The van der Waals surface area contributed by atoms with E-state index in [2.05, 4.69) is 10.3 Å². The van der Waals surface area contributed by atoms with Crippen LogP contribution in [0.1, 0.15) is 5.56 Å². The third-order valence-corrected chi connectivity index (χ3v) is 3.43. The minimum Gasteiger partial charge on any atom is -0.493 e. The number of hydrogen-bond acceptors (Lipinski definition) is 6. The number of methoxy groups -OCH3 is 3. The number of ether oxygens (including phenoxy) is 4. The van der Waals surface area contributed by atoms with E-state index in [9.17, 15) is 4.79 Å². The smallest absolute Gasteiger partial charge is 0.292 e. The minimum absolute atomic E-state index is 0.143. The van der Waals surface area contributed by atoms with Gasteiger partial charge in [-0.3, -0.25) is 4.79 Å². The number of carbonyl (C=O) groups is 1. The molecule has 0 saturated carbocycles. The Morgan fingerprint density at radius 2 is 1.83 bits per heavy atom. The molecule has 1 aliphatic rings. The Morgan fingerprint density at radius 1 is 1.12 bits per heavy atom. The fourth-order valence-electron chi connectivity index (χ4n) is 2.33. The van der Waals surface area contributed by atoms with E-state index in [4.69, 9.17) is 18.9 Å². The van der Waals surface area contributed by atoms with E-state index in [1.165, 1.54) is 21.3 Å². The molecule has 3 rings (SSSR count). The summed E-state index contributed by atoms with van der Waals surface area (Å²) >= 11 is 0. The lowest BCUT2D eigenvalue weighted by Crippen LogP contribution is -2.24. The summed E-state index contributed by atoms with van der Waals surface area (Å²) in [7, 11) is 4.58. The van der Waals surface area contributed by atoms with Crippen LogP contribution < -0.4 is 24.3 Å². The van der Waals surface area contributed by atoms with Crippen molar-refractivity contribution in [1.82, 2.24) is 4.98 Å². The van der Waals surface area contributed by atoms with E-state index in [1.54, 1.807) is 36.5 Å². The van der Waals surface area contributed by atoms with Gasteiger partial charge >= 0.3 is 0 Å². The summed E-state index contributed by atoms with van der Waals surface area (Å²) in [6.45, 7) is 0. The molecule has 2 aromatic rings. The molecule has 124 valence electrons. The number of fused-ring (bicyclic) bond motifs is 1. The van der Waals surface area contributed by atoms with Crippen LogP contribution in [0.4, 0.5) is 5.82 Å². The second-order valence-corrected chi connectivity index (χ2v) is 4.87. The Labute approximate surface area is 138 Å². The van der Waals surface area contributed by atoms with E-state index in [1.807, 2.05) is 0 Å². The van der Waals surface area contributed by atoms with Crippen LogP contribution in [0.25, 0.3) is 6.08 Å². The number of benzene rings is 1. The summed E-state index contributed by atoms with van der Waals surface area (Å²) in [4.78, 5) is 16.2. The number of pyridine rings is 1. The highest BCUT2D eigenvalue weighted by atomic mass is 16.5. The van der Waals surface area contributed by atoms with Crippen LogP contribution in [-0.2, 0) is 4.79 Å². The van der Waals surface area contributed by atoms with Crippen LogP contribution in [0.15, 0.2) is 36.2 Å². The number of amides is 1. The maximum Gasteiger partial charge on any atom is 0.292 e. The van der Waals surface area contributed by atoms with Crippen molar-refractivity contribution >= 4 is 17.8 Å². The molecule has 1 amide bonds. The maximum atomic E-state index is 12.2. The first-order valence-electron chi connectivity index (χ1n) is 7.12. The zero-order valence-corrected chi connectivity index (χ0v) is 13.5. The highest BCUT2D eigenvalue weighted by Crippen LogP contribution is 2.39. The molecular weight excluding hydrogens is 312 g/mol. The number of aromatic nitrogens is 1. The maximum absolute atomic E-state index is 12.2. The van der Waals surface area contributed by atoms with Crippen LogP contribution in [0, 0.1) is 0 Å². The molecule has 0 unspecified atom stereocenters. The topological polar surface area (TPSA) is 78.9 Å². The first-order chi connectivity index (χ1) is 11.7. The molecule has 2 heterocycles. The predicted molar refractivity (Wildman–Crippen MR) is 87.6 cm³/mol. The minimum atomic E-state index is -0.380. The van der Waals surface area contributed by atoms with Crippen LogP contribution in [-0.4, -0.2) is 32.2 Å². The molecule has 0 spiro atoms. The number of nitrogens with one attached hydrogen (secondary N) is 1. The average molecular weight is 328 g/mol. The summed E-state index contributed by atoms with van der Waals surface area (Å²) in [5, 5.41) is 2.68. The zero-order valence-electron chi connectivity index (χ0n) is 13.5. The van der Waals surface area contributed by atoms with Crippen LogP contribution in [0.2, 0.25) is 0 Å². The third-order valence-electron chi connectivity index (χ3n) is 3.43.